The van der Waals surface area contributed by atoms with Gasteiger partial charge in [-0.15, -0.1) is 0 Å². The van der Waals surface area contributed by atoms with Crippen LogP contribution < -0.4 is 5.73 Å². The molecular formula is C13H28N2. The highest BCUT2D eigenvalue weighted by Crippen LogP contribution is 2.24. The van der Waals surface area contributed by atoms with Crippen LogP contribution in [0.15, 0.2) is 0 Å². The molecule has 0 aromatic heterocycles. The highest BCUT2D eigenvalue weighted by Gasteiger charge is 2.28. The van der Waals surface area contributed by atoms with E-state index in [4.69, 9.17) is 5.73 Å². The van der Waals surface area contributed by atoms with Crippen molar-refractivity contribution in [1.29, 1.82) is 0 Å². The molecule has 15 heavy (non-hydrogen) atoms. The molecule has 0 aliphatic carbocycles. The van der Waals surface area contributed by atoms with Gasteiger partial charge in [0.25, 0.3) is 0 Å². The Balaban J connectivity index is 2.49. The van der Waals surface area contributed by atoms with Crippen LogP contribution in [0, 0.1) is 11.3 Å². The molecule has 3 unspecified atom stereocenters. The van der Waals surface area contributed by atoms with Crippen molar-refractivity contribution >= 4 is 0 Å². The van der Waals surface area contributed by atoms with E-state index in [0.29, 0.717) is 0 Å². The van der Waals surface area contributed by atoms with Crippen molar-refractivity contribution in [2.45, 2.75) is 59.5 Å². The van der Waals surface area contributed by atoms with Crippen LogP contribution >= 0.6 is 0 Å². The zero-order valence-corrected chi connectivity index (χ0v) is 11.1. The van der Waals surface area contributed by atoms with E-state index in [1.165, 1.54) is 19.4 Å². The molecule has 90 valence electrons. The fraction of sp³-hybridized carbons (Fsp3) is 1.00. The van der Waals surface area contributed by atoms with Gasteiger partial charge < -0.3 is 5.73 Å². The third kappa shape index (κ3) is 3.76. The highest BCUT2D eigenvalue weighted by molar-refractivity contribution is 4.85. The van der Waals surface area contributed by atoms with E-state index in [9.17, 15) is 0 Å². The van der Waals surface area contributed by atoms with Crippen LogP contribution in [-0.4, -0.2) is 30.1 Å². The Bertz CT molecular complexity index is 195. The van der Waals surface area contributed by atoms with Gasteiger partial charge >= 0.3 is 0 Å². The molecule has 0 aromatic carbocycles. The number of hydrogen-bond donors (Lipinski definition) is 1. The molecule has 0 saturated carbocycles. The van der Waals surface area contributed by atoms with Gasteiger partial charge in [0.05, 0.1) is 0 Å². The number of likely N-dealkylation sites (tertiary alicyclic amines) is 1. The summed E-state index contributed by atoms with van der Waals surface area (Å²) in [5.41, 5.74) is 6.47. The third-order valence-corrected chi connectivity index (χ3v) is 3.79. The van der Waals surface area contributed by atoms with Crippen molar-refractivity contribution in [2.24, 2.45) is 17.1 Å². The lowest BCUT2D eigenvalue weighted by molar-refractivity contribution is 0.0984. The Morgan fingerprint density at radius 3 is 2.40 bits per heavy atom. The number of nitrogens with zero attached hydrogens (tertiary/aromatic N) is 1. The summed E-state index contributed by atoms with van der Waals surface area (Å²) >= 11 is 0. The average molecular weight is 212 g/mol. The summed E-state index contributed by atoms with van der Waals surface area (Å²) in [7, 11) is 0. The number of rotatable bonds is 2. The zero-order valence-electron chi connectivity index (χ0n) is 11.1. The van der Waals surface area contributed by atoms with E-state index in [1.54, 1.807) is 0 Å². The lowest BCUT2D eigenvalue weighted by atomic mass is 9.85. The molecule has 1 rings (SSSR count). The molecule has 0 amide bonds. The van der Waals surface area contributed by atoms with E-state index >= 15 is 0 Å². The summed E-state index contributed by atoms with van der Waals surface area (Å²) in [6, 6.07) is 1.000. The molecule has 2 N–H and O–H groups in total. The van der Waals surface area contributed by atoms with Crippen LogP contribution in [0.2, 0.25) is 0 Å². The average Bonchev–Trinajstić information content (AvgIpc) is 2.09. The van der Waals surface area contributed by atoms with Gasteiger partial charge in [0.15, 0.2) is 0 Å². The molecule has 3 atom stereocenters. The maximum atomic E-state index is 6.25. The number of piperidine rings is 1. The van der Waals surface area contributed by atoms with Gasteiger partial charge in [0.2, 0.25) is 0 Å². The van der Waals surface area contributed by atoms with Gasteiger partial charge in [-0.2, -0.15) is 0 Å². The summed E-state index contributed by atoms with van der Waals surface area (Å²) in [5.74, 6) is 0.841. The minimum atomic E-state index is 0.223. The fourth-order valence-corrected chi connectivity index (χ4v) is 2.16. The summed E-state index contributed by atoms with van der Waals surface area (Å²) in [6.45, 7) is 13.7. The van der Waals surface area contributed by atoms with Crippen molar-refractivity contribution in [1.82, 2.24) is 4.90 Å². The van der Waals surface area contributed by atoms with Crippen molar-refractivity contribution in [3.05, 3.63) is 0 Å². The summed E-state index contributed by atoms with van der Waals surface area (Å²) in [5, 5.41) is 0. The Labute approximate surface area is 95.2 Å². The van der Waals surface area contributed by atoms with Crippen LogP contribution in [0.3, 0.4) is 0 Å². The molecule has 2 heteroatoms. The van der Waals surface area contributed by atoms with Crippen molar-refractivity contribution in [2.75, 3.05) is 13.1 Å². The Kier molecular flexibility index (Phi) is 4.19. The maximum Gasteiger partial charge on any atom is 0.0217 e. The quantitative estimate of drug-likeness (QED) is 0.762. The maximum absolute atomic E-state index is 6.25. The van der Waals surface area contributed by atoms with Crippen LogP contribution in [0.25, 0.3) is 0 Å². The van der Waals surface area contributed by atoms with E-state index in [1.807, 2.05) is 0 Å². The molecule has 1 saturated heterocycles. The van der Waals surface area contributed by atoms with Crippen LogP contribution in [0.4, 0.5) is 0 Å². The second-order valence-corrected chi connectivity index (χ2v) is 6.46. The van der Waals surface area contributed by atoms with E-state index in [0.717, 1.165) is 18.5 Å². The largest absolute Gasteiger partial charge is 0.326 e. The molecular weight excluding hydrogens is 184 g/mol. The van der Waals surface area contributed by atoms with Gasteiger partial charge in [0, 0.05) is 25.2 Å². The Hall–Kier alpha value is -0.0800. The van der Waals surface area contributed by atoms with Crippen molar-refractivity contribution in [3.8, 4) is 0 Å². The topological polar surface area (TPSA) is 29.3 Å². The van der Waals surface area contributed by atoms with Gasteiger partial charge in [-0.3, -0.25) is 4.90 Å². The molecule has 1 heterocycles. The Morgan fingerprint density at radius 1 is 1.27 bits per heavy atom. The van der Waals surface area contributed by atoms with E-state index in [-0.39, 0.29) is 11.5 Å². The van der Waals surface area contributed by atoms with E-state index in [2.05, 4.69) is 39.5 Å². The monoisotopic (exact) mass is 212 g/mol. The summed E-state index contributed by atoms with van der Waals surface area (Å²) in [4.78, 5) is 2.57. The minimum absolute atomic E-state index is 0.223. The predicted molar refractivity (Wildman–Crippen MR) is 66.9 cm³/mol. The van der Waals surface area contributed by atoms with Gasteiger partial charge in [-0.1, -0.05) is 27.7 Å². The second-order valence-electron chi connectivity index (χ2n) is 6.46. The first kappa shape index (κ1) is 13.0. The van der Waals surface area contributed by atoms with Gasteiger partial charge in [-0.05, 0) is 31.1 Å². The second kappa shape index (κ2) is 4.84. The first-order valence-corrected chi connectivity index (χ1v) is 6.30. The van der Waals surface area contributed by atoms with E-state index < -0.39 is 0 Å². The summed E-state index contributed by atoms with van der Waals surface area (Å²) in [6.07, 6.45) is 2.71. The molecule has 0 bridgehead atoms. The standard InChI is InChI=1S/C13H28N2/c1-10-6-7-11(2)15(8-10)9-12(14)13(3,4)5/h10-12H,6-9,14H2,1-5H3. The summed E-state index contributed by atoms with van der Waals surface area (Å²) < 4.78 is 0. The van der Waals surface area contributed by atoms with Crippen LogP contribution in [0.5, 0.6) is 0 Å². The predicted octanol–water partition coefficient (Wildman–Crippen LogP) is 2.48. The zero-order chi connectivity index (χ0) is 11.6. The van der Waals surface area contributed by atoms with Crippen LogP contribution in [0.1, 0.15) is 47.5 Å². The highest BCUT2D eigenvalue weighted by atomic mass is 15.2. The van der Waals surface area contributed by atoms with Gasteiger partial charge in [0.1, 0.15) is 0 Å². The number of nitrogens with two attached hydrogens (primary N) is 1. The molecule has 2 nitrogen and oxygen atoms in total. The smallest absolute Gasteiger partial charge is 0.0217 e. The van der Waals surface area contributed by atoms with Crippen LogP contribution in [-0.2, 0) is 0 Å². The lowest BCUT2D eigenvalue weighted by Gasteiger charge is -2.40. The first-order valence-electron chi connectivity index (χ1n) is 6.30. The SMILES string of the molecule is CC1CCC(C)N(CC(N)C(C)(C)C)C1. The normalized spacial score (nSPS) is 31.6. The lowest BCUT2D eigenvalue weighted by Crippen LogP contribution is -2.50. The molecule has 1 aliphatic rings. The first-order chi connectivity index (χ1) is 6.80. The minimum Gasteiger partial charge on any atom is -0.326 e. The molecule has 0 spiro atoms. The van der Waals surface area contributed by atoms with Crippen molar-refractivity contribution < 1.29 is 0 Å². The molecule has 1 fully saturated rings. The Morgan fingerprint density at radius 2 is 1.87 bits per heavy atom. The molecule has 0 aromatic rings. The molecule has 0 radical (unpaired) electrons. The van der Waals surface area contributed by atoms with Gasteiger partial charge in [-0.25, -0.2) is 0 Å². The fourth-order valence-electron chi connectivity index (χ4n) is 2.16. The third-order valence-electron chi connectivity index (χ3n) is 3.79. The van der Waals surface area contributed by atoms with Crippen molar-refractivity contribution in [3.63, 3.8) is 0 Å². The number of hydrogen-bond acceptors (Lipinski definition) is 2. The molecule has 1 aliphatic heterocycles.